The van der Waals surface area contributed by atoms with Crippen LogP contribution < -0.4 is 25.4 Å². The number of carbonyl (C=O) groups is 2. The molecule has 1 aliphatic heterocycles. The quantitative estimate of drug-likeness (QED) is 0.812. The number of pyridine rings is 1. The molecule has 1 aromatic carbocycles. The predicted molar refractivity (Wildman–Crippen MR) is 102 cm³/mol. The summed E-state index contributed by atoms with van der Waals surface area (Å²) in [6.45, 7) is 1.57. The van der Waals surface area contributed by atoms with Gasteiger partial charge in [-0.1, -0.05) is 18.5 Å². The molecule has 0 aliphatic carbocycles. The molecule has 3 N–H and O–H groups in total. The maximum atomic E-state index is 12.7. The maximum Gasteiger partial charge on any atom is 0.269 e. The molecule has 2 heterocycles. The van der Waals surface area contributed by atoms with E-state index in [-0.39, 0.29) is 24.1 Å². The van der Waals surface area contributed by atoms with Crippen molar-refractivity contribution in [3.05, 3.63) is 35.4 Å². The van der Waals surface area contributed by atoms with Gasteiger partial charge < -0.3 is 20.5 Å². The number of methoxy groups -OCH3 is 1. The first-order chi connectivity index (χ1) is 12.9. The Labute approximate surface area is 161 Å². The second-order valence-corrected chi connectivity index (χ2v) is 6.33. The van der Waals surface area contributed by atoms with E-state index in [0.29, 0.717) is 28.6 Å². The Morgan fingerprint density at radius 3 is 2.89 bits per heavy atom. The molecule has 1 unspecified atom stereocenters. The Morgan fingerprint density at radius 2 is 2.19 bits per heavy atom. The molecule has 9 heteroatoms. The lowest BCUT2D eigenvalue weighted by molar-refractivity contribution is -0.128. The van der Waals surface area contributed by atoms with Crippen LogP contribution in [0.15, 0.2) is 30.3 Å². The average Bonchev–Trinajstić information content (AvgIpc) is 2.64. The van der Waals surface area contributed by atoms with Gasteiger partial charge in [0.1, 0.15) is 18.1 Å². The van der Waals surface area contributed by atoms with E-state index in [9.17, 15) is 9.59 Å². The van der Waals surface area contributed by atoms with Gasteiger partial charge in [-0.15, -0.1) is 0 Å². The van der Waals surface area contributed by atoms with Gasteiger partial charge in [-0.3, -0.25) is 14.5 Å². The zero-order chi connectivity index (χ0) is 19.6. The number of nitrogen functional groups attached to an aromatic ring is 1. The van der Waals surface area contributed by atoms with Crippen molar-refractivity contribution in [2.75, 3.05) is 29.6 Å². The highest BCUT2D eigenvalue weighted by Gasteiger charge is 2.35. The zero-order valence-electron chi connectivity index (χ0n) is 14.9. The third-order valence-corrected chi connectivity index (χ3v) is 4.27. The number of nitrogens with zero attached hydrogens (tertiary/aromatic N) is 2. The molecule has 142 valence electrons. The predicted octanol–water partition coefficient (Wildman–Crippen LogP) is 2.47. The van der Waals surface area contributed by atoms with Crippen molar-refractivity contribution < 1.29 is 19.1 Å². The van der Waals surface area contributed by atoms with Crippen LogP contribution in [0.2, 0.25) is 5.02 Å². The maximum absolute atomic E-state index is 12.7. The third kappa shape index (κ3) is 3.90. The normalized spacial score (nSPS) is 15.7. The van der Waals surface area contributed by atoms with Crippen molar-refractivity contribution in [2.24, 2.45) is 0 Å². The largest absolute Gasteiger partial charge is 0.495 e. The number of rotatable bonds is 5. The number of aromatic nitrogens is 1. The van der Waals surface area contributed by atoms with E-state index in [1.807, 2.05) is 6.92 Å². The molecule has 8 nitrogen and oxygen atoms in total. The van der Waals surface area contributed by atoms with Crippen molar-refractivity contribution in [1.82, 2.24) is 4.98 Å². The standard InChI is InChI=1S/C18H19ClN4O4/c1-3-12-18(25)23(17-14(27-12)6-7-15(20)22-17)9-16(24)21-11-8-10(19)4-5-13(11)26-2/h4-8,12H,3,9H2,1-2H3,(H2,20,22)(H,21,24). The Balaban J connectivity index is 1.85. The minimum Gasteiger partial charge on any atom is -0.495 e. The van der Waals surface area contributed by atoms with Gasteiger partial charge in [0.05, 0.1) is 12.8 Å². The van der Waals surface area contributed by atoms with E-state index in [1.165, 1.54) is 12.0 Å². The fraction of sp³-hybridized carbons (Fsp3) is 0.278. The molecule has 3 rings (SSSR count). The summed E-state index contributed by atoms with van der Waals surface area (Å²) < 4.78 is 10.9. The van der Waals surface area contributed by atoms with E-state index in [1.54, 1.807) is 30.3 Å². The van der Waals surface area contributed by atoms with Gasteiger partial charge in [-0.2, -0.15) is 0 Å². The first-order valence-electron chi connectivity index (χ1n) is 8.31. The summed E-state index contributed by atoms with van der Waals surface area (Å²) in [4.78, 5) is 30.7. The lowest BCUT2D eigenvalue weighted by Crippen LogP contribution is -2.49. The van der Waals surface area contributed by atoms with Gasteiger partial charge in [0.25, 0.3) is 5.91 Å². The first kappa shape index (κ1) is 18.8. The number of nitrogens with two attached hydrogens (primary N) is 1. The summed E-state index contributed by atoms with van der Waals surface area (Å²) in [5.74, 6) is 0.520. The number of amides is 2. The van der Waals surface area contributed by atoms with E-state index < -0.39 is 12.0 Å². The van der Waals surface area contributed by atoms with E-state index in [4.69, 9.17) is 26.8 Å². The molecule has 0 spiro atoms. The highest BCUT2D eigenvalue weighted by molar-refractivity contribution is 6.31. The van der Waals surface area contributed by atoms with Gasteiger partial charge in [0.15, 0.2) is 17.7 Å². The summed E-state index contributed by atoms with van der Waals surface area (Å²) in [5, 5.41) is 3.15. The molecule has 1 aromatic heterocycles. The SMILES string of the molecule is CCC1Oc2ccc(N)nc2N(CC(=O)Nc2cc(Cl)ccc2OC)C1=O. The minimum absolute atomic E-state index is 0.220. The van der Waals surface area contributed by atoms with Gasteiger partial charge in [0.2, 0.25) is 5.91 Å². The molecular weight excluding hydrogens is 372 g/mol. The summed E-state index contributed by atoms with van der Waals surface area (Å²) in [6.07, 6.45) is -0.223. The monoisotopic (exact) mass is 390 g/mol. The number of hydrogen-bond donors (Lipinski definition) is 2. The summed E-state index contributed by atoms with van der Waals surface area (Å²) in [6, 6.07) is 8.07. The number of nitrogens with one attached hydrogen (secondary N) is 1. The molecule has 2 amide bonds. The molecule has 27 heavy (non-hydrogen) atoms. The number of halogens is 1. The Morgan fingerprint density at radius 1 is 1.41 bits per heavy atom. The van der Waals surface area contributed by atoms with Gasteiger partial charge in [-0.25, -0.2) is 4.98 Å². The van der Waals surface area contributed by atoms with Crippen molar-refractivity contribution >= 4 is 40.7 Å². The van der Waals surface area contributed by atoms with Gasteiger partial charge >= 0.3 is 0 Å². The number of fused-ring (bicyclic) bond motifs is 1. The van der Waals surface area contributed by atoms with Crippen LogP contribution >= 0.6 is 11.6 Å². The van der Waals surface area contributed by atoms with Crippen molar-refractivity contribution in [3.63, 3.8) is 0 Å². The number of ether oxygens (including phenoxy) is 2. The fourth-order valence-electron chi connectivity index (χ4n) is 2.74. The highest BCUT2D eigenvalue weighted by atomic mass is 35.5. The van der Waals surface area contributed by atoms with Crippen LogP contribution in [0.4, 0.5) is 17.3 Å². The van der Waals surface area contributed by atoms with Crippen LogP contribution in [0.3, 0.4) is 0 Å². The number of hydrogen-bond acceptors (Lipinski definition) is 6. The van der Waals surface area contributed by atoms with Crippen LogP contribution in [0, 0.1) is 0 Å². The van der Waals surface area contributed by atoms with E-state index in [0.717, 1.165) is 0 Å². The average molecular weight is 391 g/mol. The molecular formula is C18H19ClN4O4. The second-order valence-electron chi connectivity index (χ2n) is 5.89. The lowest BCUT2D eigenvalue weighted by Gasteiger charge is -2.32. The Hall–Kier alpha value is -3.00. The Bertz CT molecular complexity index is 890. The van der Waals surface area contributed by atoms with Crippen molar-refractivity contribution in [3.8, 4) is 11.5 Å². The summed E-state index contributed by atoms with van der Waals surface area (Å²) in [5.41, 5.74) is 6.14. The lowest BCUT2D eigenvalue weighted by atomic mass is 10.2. The fourth-order valence-corrected chi connectivity index (χ4v) is 2.91. The number of carbonyl (C=O) groups excluding carboxylic acids is 2. The molecule has 0 saturated heterocycles. The molecule has 2 aromatic rings. The number of anilines is 3. The van der Waals surface area contributed by atoms with Crippen molar-refractivity contribution in [2.45, 2.75) is 19.4 Å². The molecule has 1 aliphatic rings. The van der Waals surface area contributed by atoms with Crippen LogP contribution in [0.25, 0.3) is 0 Å². The smallest absolute Gasteiger partial charge is 0.269 e. The topological polar surface area (TPSA) is 107 Å². The van der Waals surface area contributed by atoms with Crippen LogP contribution in [0.5, 0.6) is 11.5 Å². The summed E-state index contributed by atoms with van der Waals surface area (Å²) >= 11 is 5.98. The minimum atomic E-state index is -0.684. The first-order valence-corrected chi connectivity index (χ1v) is 8.68. The van der Waals surface area contributed by atoms with Gasteiger partial charge in [0, 0.05) is 5.02 Å². The molecule has 0 saturated carbocycles. The van der Waals surface area contributed by atoms with E-state index in [2.05, 4.69) is 10.3 Å². The van der Waals surface area contributed by atoms with Crippen molar-refractivity contribution in [1.29, 1.82) is 0 Å². The number of benzene rings is 1. The third-order valence-electron chi connectivity index (χ3n) is 4.04. The van der Waals surface area contributed by atoms with E-state index >= 15 is 0 Å². The van der Waals surface area contributed by atoms with Gasteiger partial charge in [-0.05, 0) is 36.8 Å². The van der Waals surface area contributed by atoms with Crippen LogP contribution in [0.1, 0.15) is 13.3 Å². The molecule has 0 radical (unpaired) electrons. The summed E-state index contributed by atoms with van der Waals surface area (Å²) in [7, 11) is 1.49. The zero-order valence-corrected chi connectivity index (χ0v) is 15.6. The second kappa shape index (κ2) is 7.71. The highest BCUT2D eigenvalue weighted by Crippen LogP contribution is 2.34. The van der Waals surface area contributed by atoms with Crippen LogP contribution in [-0.2, 0) is 9.59 Å². The molecule has 0 fully saturated rings. The van der Waals surface area contributed by atoms with Crippen LogP contribution in [-0.4, -0.2) is 36.6 Å². The Kier molecular flexibility index (Phi) is 5.36. The molecule has 0 bridgehead atoms. The molecule has 1 atom stereocenters.